The summed E-state index contributed by atoms with van der Waals surface area (Å²) < 4.78 is 0. The molecule has 0 N–H and O–H groups in total. The number of aryl methyl sites for hydroxylation is 1. The van der Waals surface area contributed by atoms with Crippen LogP contribution in [0.25, 0.3) is 0 Å². The second kappa shape index (κ2) is 4.95. The van der Waals surface area contributed by atoms with Crippen LogP contribution in [0.15, 0.2) is 29.8 Å². The van der Waals surface area contributed by atoms with Crippen molar-refractivity contribution in [2.45, 2.75) is 38.6 Å². The summed E-state index contributed by atoms with van der Waals surface area (Å²) in [5.74, 6) is 0.415. The summed E-state index contributed by atoms with van der Waals surface area (Å²) in [5, 5.41) is 0. The van der Waals surface area contributed by atoms with Crippen molar-refractivity contribution in [2.24, 2.45) is 5.92 Å². The third-order valence-corrected chi connectivity index (χ3v) is 5.58. The molecule has 0 bridgehead atoms. The fourth-order valence-electron chi connectivity index (χ4n) is 3.61. The first-order valence-corrected chi connectivity index (χ1v) is 8.44. The normalized spacial score (nSPS) is 23.8. The van der Waals surface area contributed by atoms with Gasteiger partial charge in [-0.3, -0.25) is 4.79 Å². The second-order valence-electron chi connectivity index (χ2n) is 6.05. The van der Waals surface area contributed by atoms with Crippen LogP contribution in [0, 0.1) is 5.92 Å². The zero-order valence-electron chi connectivity index (χ0n) is 12.1. The molecule has 0 fully saturated rings. The van der Waals surface area contributed by atoms with E-state index in [0.29, 0.717) is 5.91 Å². The Bertz CT molecular complexity index is 694. The van der Waals surface area contributed by atoms with Crippen LogP contribution in [0.1, 0.15) is 29.5 Å². The first kappa shape index (κ1) is 13.0. The molecule has 0 radical (unpaired) electrons. The summed E-state index contributed by atoms with van der Waals surface area (Å²) in [6.07, 6.45) is 3.71. The number of aromatic nitrogens is 1. The van der Waals surface area contributed by atoms with E-state index in [9.17, 15) is 4.79 Å². The maximum Gasteiger partial charge on any atom is 0.230 e. The molecular weight excluding hydrogens is 280 g/mol. The molecule has 0 saturated heterocycles. The van der Waals surface area contributed by atoms with Crippen molar-refractivity contribution in [3.8, 4) is 0 Å². The van der Waals surface area contributed by atoms with Crippen molar-refractivity contribution in [2.75, 3.05) is 4.90 Å². The van der Waals surface area contributed by atoms with Gasteiger partial charge in [-0.15, -0.1) is 11.3 Å². The molecule has 1 aliphatic heterocycles. The van der Waals surface area contributed by atoms with Gasteiger partial charge in [-0.05, 0) is 44.2 Å². The molecule has 2 unspecified atom stereocenters. The Kier molecular flexibility index (Phi) is 3.07. The van der Waals surface area contributed by atoms with E-state index in [0.717, 1.165) is 31.4 Å². The summed E-state index contributed by atoms with van der Waals surface area (Å²) in [4.78, 5) is 20.7. The maximum absolute atomic E-state index is 13.0. The number of carbonyl (C=O) groups is 1. The summed E-state index contributed by atoms with van der Waals surface area (Å²) in [7, 11) is 0. The topological polar surface area (TPSA) is 33.2 Å². The van der Waals surface area contributed by atoms with Gasteiger partial charge in [0.1, 0.15) is 0 Å². The number of nitrogens with zero attached hydrogens (tertiary/aromatic N) is 2. The summed E-state index contributed by atoms with van der Waals surface area (Å²) in [5.41, 5.74) is 5.53. The van der Waals surface area contributed by atoms with Crippen LogP contribution in [0.4, 0.5) is 5.69 Å². The molecular formula is C17H18N2OS. The van der Waals surface area contributed by atoms with E-state index in [2.05, 4.69) is 30.1 Å². The van der Waals surface area contributed by atoms with Gasteiger partial charge in [0.15, 0.2) is 0 Å². The molecule has 0 saturated carbocycles. The van der Waals surface area contributed by atoms with Crippen molar-refractivity contribution in [1.82, 2.24) is 4.98 Å². The molecule has 21 heavy (non-hydrogen) atoms. The number of thiazole rings is 1. The second-order valence-corrected chi connectivity index (χ2v) is 6.99. The van der Waals surface area contributed by atoms with E-state index < -0.39 is 0 Å². The number of para-hydroxylation sites is 1. The van der Waals surface area contributed by atoms with Crippen LogP contribution in [-0.2, 0) is 24.1 Å². The molecule has 4 heteroatoms. The molecule has 2 atom stereocenters. The van der Waals surface area contributed by atoms with Crippen LogP contribution >= 0.6 is 11.3 Å². The number of fused-ring (bicyclic) bond motifs is 2. The van der Waals surface area contributed by atoms with Crippen LogP contribution in [-0.4, -0.2) is 16.9 Å². The van der Waals surface area contributed by atoms with E-state index in [1.807, 2.05) is 16.5 Å². The average molecular weight is 298 g/mol. The van der Waals surface area contributed by atoms with Crippen molar-refractivity contribution in [1.29, 1.82) is 0 Å². The van der Waals surface area contributed by atoms with Gasteiger partial charge < -0.3 is 4.90 Å². The lowest BCUT2D eigenvalue weighted by Gasteiger charge is -2.29. The molecule has 1 aromatic heterocycles. The third-order valence-electron chi connectivity index (χ3n) is 4.68. The number of benzene rings is 1. The Balaban J connectivity index is 1.61. The molecule has 2 aromatic rings. The number of rotatable bonds is 1. The monoisotopic (exact) mass is 298 g/mol. The number of hydrogen-bond donors (Lipinski definition) is 0. The Morgan fingerprint density at radius 3 is 3.10 bits per heavy atom. The lowest BCUT2D eigenvalue weighted by molar-refractivity contribution is -0.123. The maximum atomic E-state index is 13.0. The van der Waals surface area contributed by atoms with Crippen molar-refractivity contribution < 1.29 is 4.79 Å². The van der Waals surface area contributed by atoms with Gasteiger partial charge in [-0.25, -0.2) is 4.98 Å². The molecule has 1 aromatic carbocycles. The van der Waals surface area contributed by atoms with Gasteiger partial charge in [-0.2, -0.15) is 0 Å². The number of carbonyl (C=O) groups excluding carboxylic acids is 1. The van der Waals surface area contributed by atoms with Gasteiger partial charge >= 0.3 is 0 Å². The van der Waals surface area contributed by atoms with Gasteiger partial charge in [0, 0.05) is 22.5 Å². The Labute approximate surface area is 128 Å². The van der Waals surface area contributed by atoms with Gasteiger partial charge in [0.25, 0.3) is 0 Å². The third kappa shape index (κ3) is 2.09. The minimum absolute atomic E-state index is 0.117. The highest BCUT2D eigenvalue weighted by molar-refractivity contribution is 7.09. The van der Waals surface area contributed by atoms with Crippen LogP contribution in [0.2, 0.25) is 0 Å². The highest BCUT2D eigenvalue weighted by atomic mass is 32.1. The summed E-state index contributed by atoms with van der Waals surface area (Å²) in [6, 6.07) is 8.58. The van der Waals surface area contributed by atoms with Crippen LogP contribution in [0.5, 0.6) is 0 Å². The number of hydrogen-bond acceptors (Lipinski definition) is 3. The van der Waals surface area contributed by atoms with E-state index >= 15 is 0 Å². The smallest absolute Gasteiger partial charge is 0.230 e. The molecule has 1 aliphatic carbocycles. The first-order chi connectivity index (χ1) is 10.2. The largest absolute Gasteiger partial charge is 0.309 e. The zero-order chi connectivity index (χ0) is 14.4. The molecule has 108 valence electrons. The fourth-order valence-corrected chi connectivity index (χ4v) is 4.50. The Hall–Kier alpha value is -1.68. The molecule has 4 rings (SSSR count). The number of anilines is 1. The average Bonchev–Trinajstić information content (AvgIpc) is 3.08. The Morgan fingerprint density at radius 1 is 1.33 bits per heavy atom. The van der Waals surface area contributed by atoms with Gasteiger partial charge in [0.05, 0.1) is 11.2 Å². The lowest BCUT2D eigenvalue weighted by Crippen LogP contribution is -2.41. The SMILES string of the molecule is CC1Cc2ccccc2N1C(=O)C1CCc2ncsc2C1. The van der Waals surface area contributed by atoms with E-state index in [-0.39, 0.29) is 12.0 Å². The van der Waals surface area contributed by atoms with Crippen molar-refractivity contribution in [3.63, 3.8) is 0 Å². The molecule has 2 heterocycles. The number of amides is 1. The van der Waals surface area contributed by atoms with E-state index in [1.165, 1.54) is 16.1 Å². The molecule has 0 spiro atoms. The molecule has 2 aliphatic rings. The predicted molar refractivity (Wildman–Crippen MR) is 84.7 cm³/mol. The van der Waals surface area contributed by atoms with Crippen LogP contribution in [0.3, 0.4) is 0 Å². The van der Waals surface area contributed by atoms with E-state index in [1.54, 1.807) is 11.3 Å². The highest BCUT2D eigenvalue weighted by Gasteiger charge is 2.36. The summed E-state index contributed by atoms with van der Waals surface area (Å²) in [6.45, 7) is 2.15. The summed E-state index contributed by atoms with van der Waals surface area (Å²) >= 11 is 1.69. The van der Waals surface area contributed by atoms with E-state index in [4.69, 9.17) is 0 Å². The lowest BCUT2D eigenvalue weighted by atomic mass is 9.89. The van der Waals surface area contributed by atoms with Gasteiger partial charge in [-0.1, -0.05) is 18.2 Å². The quantitative estimate of drug-likeness (QED) is 0.810. The minimum Gasteiger partial charge on any atom is -0.309 e. The zero-order valence-corrected chi connectivity index (χ0v) is 12.9. The standard InChI is InChI=1S/C17H18N2OS/c1-11-8-12-4-2-3-5-15(12)19(11)17(20)13-6-7-14-16(9-13)21-10-18-14/h2-5,10-11,13H,6-9H2,1H3. The molecule has 3 nitrogen and oxygen atoms in total. The van der Waals surface area contributed by atoms with Crippen LogP contribution < -0.4 is 4.90 Å². The van der Waals surface area contributed by atoms with Crippen molar-refractivity contribution in [3.05, 3.63) is 45.9 Å². The molecule has 1 amide bonds. The minimum atomic E-state index is 0.117. The highest BCUT2D eigenvalue weighted by Crippen LogP contribution is 2.36. The van der Waals surface area contributed by atoms with Crippen molar-refractivity contribution >= 4 is 22.9 Å². The van der Waals surface area contributed by atoms with Gasteiger partial charge in [0.2, 0.25) is 5.91 Å². The fraction of sp³-hybridized carbons (Fsp3) is 0.412. The predicted octanol–water partition coefficient (Wildman–Crippen LogP) is 3.23. The first-order valence-electron chi connectivity index (χ1n) is 7.56. The Morgan fingerprint density at radius 2 is 2.19 bits per heavy atom.